The Kier molecular flexibility index (Phi) is 5.02. The minimum absolute atomic E-state index is 0.0702. The van der Waals surface area contributed by atoms with Gasteiger partial charge in [-0.1, -0.05) is 6.92 Å². The van der Waals surface area contributed by atoms with Crippen LogP contribution in [-0.4, -0.2) is 18.4 Å². The third-order valence-corrected chi connectivity index (χ3v) is 2.18. The van der Waals surface area contributed by atoms with Crippen LogP contribution in [0.3, 0.4) is 0 Å². The number of Topliss-reactive ketones (excluding diaryl/α,β-unsaturated/α-hetero) is 1. The molecule has 0 saturated heterocycles. The molecule has 0 amide bonds. The van der Waals surface area contributed by atoms with Crippen LogP contribution in [0.4, 0.5) is 17.6 Å². The number of benzene rings is 1. The molecule has 1 aromatic carbocycles. The summed E-state index contributed by atoms with van der Waals surface area (Å²) in [5.41, 5.74) is -1.02. The first-order valence-electron chi connectivity index (χ1n) is 5.40. The summed E-state index contributed by atoms with van der Waals surface area (Å²) in [7, 11) is 0. The molecule has 1 rings (SSSR count). The number of ether oxygens (including phenoxy) is 1. The smallest absolute Gasteiger partial charge is 0.313 e. The highest BCUT2D eigenvalue weighted by molar-refractivity contribution is 6.06. The van der Waals surface area contributed by atoms with E-state index in [1.807, 2.05) is 0 Å². The normalized spacial score (nSPS) is 10.4. The Morgan fingerprint density at radius 1 is 1.11 bits per heavy atom. The Hall–Kier alpha value is -1.92. The van der Waals surface area contributed by atoms with Crippen LogP contribution in [-0.2, 0) is 9.53 Å². The fraction of sp³-hybridized carbons (Fsp3) is 0.333. The van der Waals surface area contributed by atoms with E-state index in [0.29, 0.717) is 6.42 Å². The number of rotatable bonds is 5. The van der Waals surface area contributed by atoms with Crippen LogP contribution in [0.15, 0.2) is 6.07 Å². The molecule has 0 fully saturated rings. The molecule has 0 atom stereocenters. The second-order valence-corrected chi connectivity index (χ2v) is 3.67. The highest BCUT2D eigenvalue weighted by Crippen LogP contribution is 2.20. The maximum Gasteiger partial charge on any atom is 0.313 e. The van der Waals surface area contributed by atoms with E-state index in [1.54, 1.807) is 6.92 Å². The summed E-state index contributed by atoms with van der Waals surface area (Å²) in [4.78, 5) is 22.6. The van der Waals surface area contributed by atoms with Crippen LogP contribution < -0.4 is 0 Å². The summed E-state index contributed by atoms with van der Waals surface area (Å²) >= 11 is 0. The molecule has 0 aliphatic heterocycles. The van der Waals surface area contributed by atoms with Crippen LogP contribution >= 0.6 is 0 Å². The molecule has 0 saturated carbocycles. The predicted octanol–water partition coefficient (Wildman–Crippen LogP) is 2.77. The fourth-order valence-electron chi connectivity index (χ4n) is 1.27. The van der Waals surface area contributed by atoms with Gasteiger partial charge in [0, 0.05) is 0 Å². The van der Waals surface area contributed by atoms with E-state index in [1.165, 1.54) is 0 Å². The van der Waals surface area contributed by atoms with Crippen molar-refractivity contribution in [2.75, 3.05) is 6.61 Å². The molecule has 19 heavy (non-hydrogen) atoms. The largest absolute Gasteiger partial charge is 0.465 e. The van der Waals surface area contributed by atoms with Crippen LogP contribution in [0.25, 0.3) is 0 Å². The minimum Gasteiger partial charge on any atom is -0.465 e. The van der Waals surface area contributed by atoms with Crippen molar-refractivity contribution in [3.8, 4) is 0 Å². The van der Waals surface area contributed by atoms with Crippen molar-refractivity contribution in [1.82, 2.24) is 0 Å². The van der Waals surface area contributed by atoms with Gasteiger partial charge in [-0.15, -0.1) is 0 Å². The van der Waals surface area contributed by atoms with Crippen molar-refractivity contribution < 1.29 is 31.9 Å². The Morgan fingerprint density at radius 3 is 2.32 bits per heavy atom. The van der Waals surface area contributed by atoms with E-state index in [2.05, 4.69) is 4.74 Å². The Bertz CT molecular complexity index is 514. The van der Waals surface area contributed by atoms with Gasteiger partial charge in [0.1, 0.15) is 6.42 Å². The van der Waals surface area contributed by atoms with Gasteiger partial charge in [-0.25, -0.2) is 17.6 Å². The van der Waals surface area contributed by atoms with Gasteiger partial charge in [0.15, 0.2) is 29.1 Å². The van der Waals surface area contributed by atoms with Crippen molar-refractivity contribution in [3.63, 3.8) is 0 Å². The number of ketones is 1. The molecule has 0 aliphatic rings. The zero-order valence-electron chi connectivity index (χ0n) is 9.94. The Balaban J connectivity index is 2.92. The SMILES string of the molecule is CCCOC(=O)CC(=O)c1cc(F)c(F)c(F)c1F. The summed E-state index contributed by atoms with van der Waals surface area (Å²) in [5.74, 6) is -9.77. The summed E-state index contributed by atoms with van der Waals surface area (Å²) in [6.07, 6.45) is -0.352. The summed E-state index contributed by atoms with van der Waals surface area (Å²) in [6, 6.07) is 0.211. The van der Waals surface area contributed by atoms with E-state index in [-0.39, 0.29) is 12.7 Å². The molecule has 104 valence electrons. The van der Waals surface area contributed by atoms with Gasteiger partial charge < -0.3 is 4.74 Å². The lowest BCUT2D eigenvalue weighted by Crippen LogP contribution is -2.15. The Labute approximate surface area is 106 Å². The van der Waals surface area contributed by atoms with Crippen molar-refractivity contribution in [2.24, 2.45) is 0 Å². The third-order valence-electron chi connectivity index (χ3n) is 2.18. The van der Waals surface area contributed by atoms with Gasteiger partial charge in [-0.05, 0) is 12.5 Å². The highest BCUT2D eigenvalue weighted by atomic mass is 19.2. The molecule has 0 aliphatic carbocycles. The number of esters is 1. The third kappa shape index (κ3) is 3.52. The Morgan fingerprint density at radius 2 is 1.74 bits per heavy atom. The van der Waals surface area contributed by atoms with Gasteiger partial charge in [-0.3, -0.25) is 9.59 Å². The number of hydrogen-bond donors (Lipinski definition) is 0. The van der Waals surface area contributed by atoms with E-state index < -0.39 is 47.0 Å². The maximum atomic E-state index is 13.2. The molecule has 0 N–H and O–H groups in total. The molecule has 0 bridgehead atoms. The molecular weight excluding hydrogens is 268 g/mol. The lowest BCUT2D eigenvalue weighted by atomic mass is 10.1. The number of carbonyl (C=O) groups excluding carboxylic acids is 2. The zero-order chi connectivity index (χ0) is 14.6. The highest BCUT2D eigenvalue weighted by Gasteiger charge is 2.24. The molecule has 0 spiro atoms. The minimum atomic E-state index is -2.09. The van der Waals surface area contributed by atoms with E-state index in [9.17, 15) is 27.2 Å². The first-order chi connectivity index (χ1) is 8.88. The molecule has 7 heteroatoms. The lowest BCUT2D eigenvalue weighted by Gasteiger charge is -2.05. The standard InChI is InChI=1S/C12H10F4O3/c1-2-3-19-9(18)5-8(17)6-4-7(13)11(15)12(16)10(6)14/h4H,2-3,5H2,1H3. The predicted molar refractivity (Wildman–Crippen MR) is 56.5 cm³/mol. The van der Waals surface area contributed by atoms with Gasteiger partial charge in [0.05, 0.1) is 12.2 Å². The van der Waals surface area contributed by atoms with E-state index in [4.69, 9.17) is 0 Å². The number of hydrogen-bond acceptors (Lipinski definition) is 3. The van der Waals surface area contributed by atoms with Gasteiger partial charge in [0.2, 0.25) is 0 Å². The topological polar surface area (TPSA) is 43.4 Å². The van der Waals surface area contributed by atoms with E-state index >= 15 is 0 Å². The van der Waals surface area contributed by atoms with Crippen LogP contribution in [0.5, 0.6) is 0 Å². The van der Waals surface area contributed by atoms with Gasteiger partial charge >= 0.3 is 5.97 Å². The van der Waals surface area contributed by atoms with Crippen molar-refractivity contribution in [3.05, 3.63) is 34.9 Å². The zero-order valence-corrected chi connectivity index (χ0v) is 9.94. The summed E-state index contributed by atoms with van der Waals surface area (Å²) in [6.45, 7) is 1.79. The number of halogens is 4. The monoisotopic (exact) mass is 278 g/mol. The average molecular weight is 278 g/mol. The van der Waals surface area contributed by atoms with Crippen molar-refractivity contribution in [2.45, 2.75) is 19.8 Å². The first-order valence-corrected chi connectivity index (χ1v) is 5.40. The lowest BCUT2D eigenvalue weighted by molar-refractivity contribution is -0.142. The quantitative estimate of drug-likeness (QED) is 0.208. The molecule has 3 nitrogen and oxygen atoms in total. The second-order valence-electron chi connectivity index (χ2n) is 3.67. The molecule has 0 radical (unpaired) electrons. The molecule has 1 aromatic rings. The molecular formula is C12H10F4O3. The summed E-state index contributed by atoms with van der Waals surface area (Å²) < 4.78 is 56.2. The molecule has 0 unspecified atom stereocenters. The number of carbonyl (C=O) groups is 2. The average Bonchev–Trinajstić information content (AvgIpc) is 2.37. The molecule has 0 heterocycles. The van der Waals surface area contributed by atoms with E-state index in [0.717, 1.165) is 0 Å². The van der Waals surface area contributed by atoms with Gasteiger partial charge in [0.25, 0.3) is 0 Å². The second kappa shape index (κ2) is 6.31. The summed E-state index contributed by atoms with van der Waals surface area (Å²) in [5, 5.41) is 0. The van der Waals surface area contributed by atoms with Gasteiger partial charge in [-0.2, -0.15) is 0 Å². The maximum absolute atomic E-state index is 13.2. The van der Waals surface area contributed by atoms with Crippen molar-refractivity contribution >= 4 is 11.8 Å². The molecule has 0 aromatic heterocycles. The van der Waals surface area contributed by atoms with Crippen LogP contribution in [0, 0.1) is 23.3 Å². The fourth-order valence-corrected chi connectivity index (χ4v) is 1.27. The van der Waals surface area contributed by atoms with Crippen LogP contribution in [0.2, 0.25) is 0 Å². The van der Waals surface area contributed by atoms with Crippen LogP contribution in [0.1, 0.15) is 30.1 Å². The van der Waals surface area contributed by atoms with Crippen molar-refractivity contribution in [1.29, 1.82) is 0 Å². The first kappa shape index (κ1) is 15.1.